The highest BCUT2D eigenvalue weighted by atomic mass is 32.2. The lowest BCUT2D eigenvalue weighted by atomic mass is 10.1. The van der Waals surface area contributed by atoms with Crippen LogP contribution in [0.1, 0.15) is 16.7 Å². The van der Waals surface area contributed by atoms with Crippen LogP contribution in [0.15, 0.2) is 76.4 Å². The minimum atomic E-state index is -4.91. The first kappa shape index (κ1) is 26.6. The first-order chi connectivity index (χ1) is 18.6. The van der Waals surface area contributed by atoms with E-state index >= 15 is 0 Å². The minimum absolute atomic E-state index is 0.0424. The summed E-state index contributed by atoms with van der Waals surface area (Å²) in [6.45, 7) is -0.0724. The number of rotatable bonds is 7. The summed E-state index contributed by atoms with van der Waals surface area (Å²) in [4.78, 5) is 14.8. The summed E-state index contributed by atoms with van der Waals surface area (Å²) in [5.74, 6) is 1.45. The second-order valence-electron chi connectivity index (χ2n) is 8.82. The molecule has 0 unspecified atom stereocenters. The summed E-state index contributed by atoms with van der Waals surface area (Å²) >= 11 is 0. The maximum absolute atomic E-state index is 13.8. The molecule has 0 spiro atoms. The van der Waals surface area contributed by atoms with Crippen molar-refractivity contribution in [3.05, 3.63) is 93.8 Å². The fourth-order valence-electron chi connectivity index (χ4n) is 4.32. The molecule has 0 radical (unpaired) electrons. The second kappa shape index (κ2) is 10.3. The standard InChI is InChI=1S/C27H23F3N2O6S/c1-36-20-8-6-17(7-9-20)15-32(39(34,35)25-5-3-2-4-21(25)27(28,29)30)16-19-12-18-13-23-24(38-11-10-37-23)14-22(18)31-26(19)33/h2-9,12-14H,10-11,15-16H2,1H3,(H,31,33). The lowest BCUT2D eigenvalue weighted by molar-refractivity contribution is -0.139. The number of alkyl halides is 3. The second-order valence-corrected chi connectivity index (χ2v) is 10.7. The Labute approximate surface area is 221 Å². The van der Waals surface area contributed by atoms with Gasteiger partial charge < -0.3 is 19.2 Å². The van der Waals surface area contributed by atoms with Crippen LogP contribution in [0.25, 0.3) is 10.9 Å². The number of ether oxygens (including phenoxy) is 3. The molecule has 0 amide bonds. The maximum atomic E-state index is 13.8. The van der Waals surface area contributed by atoms with Gasteiger partial charge in [-0.3, -0.25) is 4.79 Å². The Balaban J connectivity index is 1.59. The van der Waals surface area contributed by atoms with Crippen molar-refractivity contribution in [3.8, 4) is 17.2 Å². The van der Waals surface area contributed by atoms with Crippen LogP contribution in [0.5, 0.6) is 17.2 Å². The first-order valence-corrected chi connectivity index (χ1v) is 13.2. The molecule has 1 aromatic heterocycles. The van der Waals surface area contributed by atoms with Gasteiger partial charge >= 0.3 is 6.18 Å². The van der Waals surface area contributed by atoms with Crippen LogP contribution in [0.3, 0.4) is 0 Å². The van der Waals surface area contributed by atoms with E-state index in [0.29, 0.717) is 53.0 Å². The van der Waals surface area contributed by atoms with Crippen LogP contribution in [0, 0.1) is 0 Å². The molecule has 3 aromatic carbocycles. The Kier molecular flexibility index (Phi) is 7.00. The van der Waals surface area contributed by atoms with E-state index in [1.807, 2.05) is 0 Å². The van der Waals surface area contributed by atoms with Gasteiger partial charge in [-0.05, 0) is 42.0 Å². The van der Waals surface area contributed by atoms with Gasteiger partial charge in [0.05, 0.1) is 23.1 Å². The largest absolute Gasteiger partial charge is 0.497 e. The lowest BCUT2D eigenvalue weighted by Crippen LogP contribution is -2.33. The third kappa shape index (κ3) is 5.43. The predicted molar refractivity (Wildman–Crippen MR) is 136 cm³/mol. The molecule has 39 heavy (non-hydrogen) atoms. The summed E-state index contributed by atoms with van der Waals surface area (Å²) in [7, 11) is -3.25. The van der Waals surface area contributed by atoms with Crippen molar-refractivity contribution in [2.75, 3.05) is 20.3 Å². The van der Waals surface area contributed by atoms with Gasteiger partial charge in [0.15, 0.2) is 11.5 Å². The van der Waals surface area contributed by atoms with Crippen LogP contribution in [0.2, 0.25) is 0 Å². The Morgan fingerprint density at radius 3 is 2.28 bits per heavy atom. The molecule has 204 valence electrons. The quantitative estimate of drug-likeness (QED) is 0.352. The van der Waals surface area contributed by atoms with Crippen molar-refractivity contribution in [2.24, 2.45) is 0 Å². The molecule has 5 rings (SSSR count). The smallest absolute Gasteiger partial charge is 0.417 e. The number of benzene rings is 3. The number of nitrogens with zero attached hydrogens (tertiary/aromatic N) is 1. The van der Waals surface area contributed by atoms with E-state index in [2.05, 4.69) is 4.98 Å². The number of hydrogen-bond acceptors (Lipinski definition) is 6. The van der Waals surface area contributed by atoms with E-state index in [4.69, 9.17) is 14.2 Å². The van der Waals surface area contributed by atoms with Gasteiger partial charge in [0.1, 0.15) is 19.0 Å². The maximum Gasteiger partial charge on any atom is 0.417 e. The normalized spacial score (nSPS) is 13.6. The molecule has 0 saturated heterocycles. The van der Waals surface area contributed by atoms with E-state index in [1.165, 1.54) is 19.2 Å². The fraction of sp³-hybridized carbons (Fsp3) is 0.222. The molecule has 12 heteroatoms. The van der Waals surface area contributed by atoms with Crippen molar-refractivity contribution in [1.82, 2.24) is 9.29 Å². The molecule has 8 nitrogen and oxygen atoms in total. The number of sulfonamides is 1. The average molecular weight is 561 g/mol. The van der Waals surface area contributed by atoms with Crippen LogP contribution in [-0.2, 0) is 29.3 Å². The zero-order chi connectivity index (χ0) is 27.8. The van der Waals surface area contributed by atoms with Crippen LogP contribution in [0.4, 0.5) is 13.2 Å². The van der Waals surface area contributed by atoms with Crippen molar-refractivity contribution >= 4 is 20.9 Å². The summed E-state index contributed by atoms with van der Waals surface area (Å²) in [6, 6.07) is 15.2. The SMILES string of the molecule is COc1ccc(CN(Cc2cc3cc4c(cc3[nH]c2=O)OCCO4)S(=O)(=O)c2ccccc2C(F)(F)F)cc1. The van der Waals surface area contributed by atoms with Gasteiger partial charge in [0, 0.05) is 30.1 Å². The summed E-state index contributed by atoms with van der Waals surface area (Å²) in [5, 5.41) is 0.548. The minimum Gasteiger partial charge on any atom is -0.497 e. The number of aromatic amines is 1. The zero-order valence-electron chi connectivity index (χ0n) is 20.6. The van der Waals surface area contributed by atoms with Crippen molar-refractivity contribution < 1.29 is 35.8 Å². The van der Waals surface area contributed by atoms with E-state index in [-0.39, 0.29) is 12.1 Å². The topological polar surface area (TPSA) is 97.9 Å². The number of H-pyrrole nitrogens is 1. The van der Waals surface area contributed by atoms with Crippen molar-refractivity contribution in [3.63, 3.8) is 0 Å². The number of methoxy groups -OCH3 is 1. The molecular weight excluding hydrogens is 537 g/mol. The highest BCUT2D eigenvalue weighted by Crippen LogP contribution is 2.37. The van der Waals surface area contributed by atoms with Gasteiger partial charge in [-0.15, -0.1) is 0 Å². The fourth-order valence-corrected chi connectivity index (χ4v) is 5.94. The molecule has 0 saturated carbocycles. The highest BCUT2D eigenvalue weighted by Gasteiger charge is 2.39. The molecule has 2 heterocycles. The van der Waals surface area contributed by atoms with E-state index in [0.717, 1.165) is 16.4 Å². The Morgan fingerprint density at radius 1 is 0.949 bits per heavy atom. The van der Waals surface area contributed by atoms with Gasteiger partial charge in [-0.1, -0.05) is 24.3 Å². The highest BCUT2D eigenvalue weighted by molar-refractivity contribution is 7.89. The van der Waals surface area contributed by atoms with Crippen LogP contribution < -0.4 is 19.8 Å². The summed E-state index contributed by atoms with van der Waals surface area (Å²) in [5.41, 5.74) is -0.902. The number of hydrogen-bond donors (Lipinski definition) is 1. The van der Waals surface area contributed by atoms with E-state index in [9.17, 15) is 26.4 Å². The van der Waals surface area contributed by atoms with Crippen LogP contribution >= 0.6 is 0 Å². The summed E-state index contributed by atoms with van der Waals surface area (Å²) in [6.07, 6.45) is -4.91. The van der Waals surface area contributed by atoms with Gasteiger partial charge in [0.2, 0.25) is 10.0 Å². The lowest BCUT2D eigenvalue weighted by Gasteiger charge is -2.24. The average Bonchev–Trinajstić information content (AvgIpc) is 2.92. The number of nitrogens with one attached hydrogen (secondary N) is 1. The molecule has 0 atom stereocenters. The number of pyridine rings is 1. The van der Waals surface area contributed by atoms with E-state index in [1.54, 1.807) is 36.4 Å². The third-order valence-electron chi connectivity index (χ3n) is 6.26. The number of aromatic nitrogens is 1. The zero-order valence-corrected chi connectivity index (χ0v) is 21.4. The Bertz CT molecular complexity index is 1690. The molecule has 1 N–H and O–H groups in total. The van der Waals surface area contributed by atoms with Gasteiger partial charge in [-0.25, -0.2) is 8.42 Å². The Morgan fingerprint density at radius 2 is 1.62 bits per heavy atom. The summed E-state index contributed by atoms with van der Waals surface area (Å²) < 4.78 is 86.0. The van der Waals surface area contributed by atoms with Gasteiger partial charge in [0.25, 0.3) is 5.56 Å². The molecule has 1 aliphatic heterocycles. The van der Waals surface area contributed by atoms with Crippen molar-refractivity contribution in [2.45, 2.75) is 24.2 Å². The van der Waals surface area contributed by atoms with Crippen LogP contribution in [-0.4, -0.2) is 38.0 Å². The molecule has 0 aliphatic carbocycles. The molecular formula is C27H23F3N2O6S. The first-order valence-electron chi connectivity index (χ1n) is 11.8. The van der Waals surface area contributed by atoms with Gasteiger partial charge in [-0.2, -0.15) is 17.5 Å². The predicted octanol–water partition coefficient (Wildman–Crippen LogP) is 4.72. The molecule has 1 aliphatic rings. The van der Waals surface area contributed by atoms with E-state index < -0.39 is 38.8 Å². The van der Waals surface area contributed by atoms with Crippen molar-refractivity contribution in [1.29, 1.82) is 0 Å². The third-order valence-corrected chi connectivity index (χ3v) is 8.11. The number of halogens is 3. The Hall–Kier alpha value is -4.03. The molecule has 0 bridgehead atoms. The monoisotopic (exact) mass is 560 g/mol. The number of fused-ring (bicyclic) bond motifs is 2. The molecule has 4 aromatic rings. The molecule has 0 fully saturated rings.